The van der Waals surface area contributed by atoms with Crippen molar-refractivity contribution in [1.82, 2.24) is 5.32 Å². The summed E-state index contributed by atoms with van der Waals surface area (Å²) in [5.74, 6) is 1.99. The average molecular weight is 270 g/mol. The first-order valence-corrected chi connectivity index (χ1v) is 7.24. The van der Waals surface area contributed by atoms with E-state index in [1.807, 2.05) is 36.0 Å². The van der Waals surface area contributed by atoms with Crippen molar-refractivity contribution in [1.29, 1.82) is 0 Å². The van der Waals surface area contributed by atoms with Crippen molar-refractivity contribution in [3.8, 4) is 5.75 Å². The SMILES string of the molecule is COc1ccc(NC(=S)NCCCSC)cc1. The Morgan fingerprint density at radius 3 is 2.65 bits per heavy atom. The van der Waals surface area contributed by atoms with Gasteiger partial charge < -0.3 is 15.4 Å². The zero-order valence-electron chi connectivity index (χ0n) is 10.2. The number of benzene rings is 1. The van der Waals surface area contributed by atoms with Crippen LogP contribution in [0, 0.1) is 0 Å². The molecule has 0 aromatic heterocycles. The smallest absolute Gasteiger partial charge is 0.170 e. The van der Waals surface area contributed by atoms with Crippen LogP contribution in [-0.2, 0) is 0 Å². The van der Waals surface area contributed by atoms with Crippen LogP contribution in [0.5, 0.6) is 5.75 Å². The summed E-state index contributed by atoms with van der Waals surface area (Å²) in [6.07, 6.45) is 3.22. The van der Waals surface area contributed by atoms with Gasteiger partial charge in [-0.15, -0.1) is 0 Å². The normalized spacial score (nSPS) is 9.76. The van der Waals surface area contributed by atoms with Crippen molar-refractivity contribution in [2.75, 3.05) is 31.0 Å². The molecule has 0 spiro atoms. The molecule has 0 fully saturated rings. The molecule has 5 heteroatoms. The van der Waals surface area contributed by atoms with Gasteiger partial charge in [-0.3, -0.25) is 0 Å². The van der Waals surface area contributed by atoms with Gasteiger partial charge in [0.05, 0.1) is 7.11 Å². The molecule has 1 rings (SSSR count). The van der Waals surface area contributed by atoms with Crippen LogP contribution in [0.15, 0.2) is 24.3 Å². The van der Waals surface area contributed by atoms with Gasteiger partial charge in [-0.1, -0.05) is 0 Å². The Kier molecular flexibility index (Phi) is 6.81. The van der Waals surface area contributed by atoms with Crippen molar-refractivity contribution in [2.24, 2.45) is 0 Å². The van der Waals surface area contributed by atoms with Gasteiger partial charge in [0.15, 0.2) is 5.11 Å². The Morgan fingerprint density at radius 1 is 1.35 bits per heavy atom. The van der Waals surface area contributed by atoms with E-state index >= 15 is 0 Å². The third-order valence-electron chi connectivity index (χ3n) is 2.16. The van der Waals surface area contributed by atoms with Crippen LogP contribution in [0.4, 0.5) is 5.69 Å². The maximum atomic E-state index is 5.19. The molecule has 0 saturated carbocycles. The van der Waals surface area contributed by atoms with Gasteiger partial charge in [0.2, 0.25) is 0 Å². The fraction of sp³-hybridized carbons (Fsp3) is 0.417. The van der Waals surface area contributed by atoms with Gasteiger partial charge in [0, 0.05) is 12.2 Å². The Bertz CT molecular complexity index is 341. The maximum Gasteiger partial charge on any atom is 0.170 e. The molecule has 0 heterocycles. The summed E-state index contributed by atoms with van der Waals surface area (Å²) in [6, 6.07) is 7.68. The van der Waals surface area contributed by atoms with Crippen molar-refractivity contribution < 1.29 is 4.74 Å². The summed E-state index contributed by atoms with van der Waals surface area (Å²) in [7, 11) is 1.65. The molecular weight excluding hydrogens is 252 g/mol. The largest absolute Gasteiger partial charge is 0.497 e. The number of rotatable bonds is 6. The van der Waals surface area contributed by atoms with Crippen LogP contribution in [0.1, 0.15) is 6.42 Å². The quantitative estimate of drug-likeness (QED) is 0.613. The predicted molar refractivity (Wildman–Crippen MR) is 80.2 cm³/mol. The molecule has 0 atom stereocenters. The highest BCUT2D eigenvalue weighted by Gasteiger charge is 1.97. The standard InChI is InChI=1S/C12H18N2OS2/c1-15-11-6-4-10(5-7-11)14-12(16)13-8-3-9-17-2/h4-7H,3,8-9H2,1-2H3,(H2,13,14,16). The molecule has 0 unspecified atom stereocenters. The van der Waals surface area contributed by atoms with E-state index in [-0.39, 0.29) is 0 Å². The van der Waals surface area contributed by atoms with Gasteiger partial charge in [-0.25, -0.2) is 0 Å². The molecule has 0 aliphatic rings. The number of anilines is 1. The summed E-state index contributed by atoms with van der Waals surface area (Å²) in [5.41, 5.74) is 0.966. The molecule has 0 aliphatic heterocycles. The van der Waals surface area contributed by atoms with Crippen LogP contribution < -0.4 is 15.4 Å². The highest BCUT2D eigenvalue weighted by Crippen LogP contribution is 2.14. The highest BCUT2D eigenvalue weighted by molar-refractivity contribution is 7.98. The third kappa shape index (κ3) is 5.79. The predicted octanol–water partition coefficient (Wildman–Crippen LogP) is 2.73. The topological polar surface area (TPSA) is 33.3 Å². The van der Waals surface area contributed by atoms with E-state index < -0.39 is 0 Å². The summed E-state index contributed by atoms with van der Waals surface area (Å²) in [6.45, 7) is 0.906. The van der Waals surface area contributed by atoms with E-state index in [9.17, 15) is 0 Å². The molecular formula is C12H18N2OS2. The molecule has 0 saturated heterocycles. The lowest BCUT2D eigenvalue weighted by atomic mass is 10.3. The zero-order valence-corrected chi connectivity index (χ0v) is 11.8. The van der Waals surface area contributed by atoms with Crippen LogP contribution in [-0.4, -0.2) is 30.8 Å². The van der Waals surface area contributed by atoms with Gasteiger partial charge in [-0.05, 0) is 54.9 Å². The second-order valence-corrected chi connectivity index (χ2v) is 4.85. The van der Waals surface area contributed by atoms with E-state index in [1.54, 1.807) is 7.11 Å². The Balaban J connectivity index is 2.29. The fourth-order valence-corrected chi connectivity index (χ4v) is 1.92. The first-order valence-electron chi connectivity index (χ1n) is 5.44. The van der Waals surface area contributed by atoms with Gasteiger partial charge in [0.1, 0.15) is 5.75 Å². The summed E-state index contributed by atoms with van der Waals surface area (Å²) in [4.78, 5) is 0. The lowest BCUT2D eigenvalue weighted by molar-refractivity contribution is 0.415. The Labute approximate surface area is 112 Å². The molecule has 17 heavy (non-hydrogen) atoms. The third-order valence-corrected chi connectivity index (χ3v) is 3.10. The molecule has 2 N–H and O–H groups in total. The molecule has 1 aromatic carbocycles. The second kappa shape index (κ2) is 8.20. The summed E-state index contributed by atoms with van der Waals surface area (Å²) in [5, 5.41) is 6.96. The molecule has 0 aliphatic carbocycles. The number of hydrogen-bond donors (Lipinski definition) is 2. The lowest BCUT2D eigenvalue weighted by Crippen LogP contribution is -2.29. The second-order valence-electron chi connectivity index (χ2n) is 3.46. The molecule has 0 bridgehead atoms. The summed E-state index contributed by atoms with van der Waals surface area (Å²) >= 11 is 7.03. The Hall–Kier alpha value is -0.940. The molecule has 0 radical (unpaired) electrons. The maximum absolute atomic E-state index is 5.19. The van der Waals surface area contributed by atoms with Crippen molar-refractivity contribution in [2.45, 2.75) is 6.42 Å². The number of thioether (sulfide) groups is 1. The lowest BCUT2D eigenvalue weighted by Gasteiger charge is -2.10. The number of nitrogens with one attached hydrogen (secondary N) is 2. The minimum Gasteiger partial charge on any atom is -0.497 e. The average Bonchev–Trinajstić information content (AvgIpc) is 2.36. The van der Waals surface area contributed by atoms with Crippen LogP contribution >= 0.6 is 24.0 Å². The number of thiocarbonyl (C=S) groups is 1. The first kappa shape index (κ1) is 14.1. The molecule has 94 valence electrons. The minimum absolute atomic E-state index is 0.663. The zero-order chi connectivity index (χ0) is 12.5. The van der Waals surface area contributed by atoms with E-state index in [4.69, 9.17) is 17.0 Å². The van der Waals surface area contributed by atoms with Crippen LogP contribution in [0.25, 0.3) is 0 Å². The van der Waals surface area contributed by atoms with E-state index in [0.29, 0.717) is 5.11 Å². The highest BCUT2D eigenvalue weighted by atomic mass is 32.2. The molecule has 3 nitrogen and oxygen atoms in total. The Morgan fingerprint density at radius 2 is 2.06 bits per heavy atom. The number of methoxy groups -OCH3 is 1. The van der Waals surface area contributed by atoms with Crippen LogP contribution in [0.3, 0.4) is 0 Å². The minimum atomic E-state index is 0.663. The van der Waals surface area contributed by atoms with Crippen LogP contribution in [0.2, 0.25) is 0 Å². The van der Waals surface area contributed by atoms with Crippen molar-refractivity contribution in [3.05, 3.63) is 24.3 Å². The number of hydrogen-bond acceptors (Lipinski definition) is 3. The van der Waals surface area contributed by atoms with E-state index in [0.717, 1.165) is 30.2 Å². The number of ether oxygens (including phenoxy) is 1. The fourth-order valence-electron chi connectivity index (χ4n) is 1.27. The van der Waals surface area contributed by atoms with E-state index in [1.165, 1.54) is 0 Å². The van der Waals surface area contributed by atoms with Gasteiger partial charge >= 0.3 is 0 Å². The first-order chi connectivity index (χ1) is 8.26. The van der Waals surface area contributed by atoms with Gasteiger partial charge in [0.25, 0.3) is 0 Å². The molecule has 0 amide bonds. The molecule has 1 aromatic rings. The summed E-state index contributed by atoms with van der Waals surface area (Å²) < 4.78 is 5.09. The van der Waals surface area contributed by atoms with E-state index in [2.05, 4.69) is 16.9 Å². The monoisotopic (exact) mass is 270 g/mol. The van der Waals surface area contributed by atoms with Gasteiger partial charge in [-0.2, -0.15) is 11.8 Å². The van der Waals surface area contributed by atoms with Crippen molar-refractivity contribution in [3.63, 3.8) is 0 Å². The van der Waals surface area contributed by atoms with Crippen molar-refractivity contribution >= 4 is 34.8 Å².